The first-order chi connectivity index (χ1) is 7.84. The molecule has 0 amide bonds. The van der Waals surface area contributed by atoms with Crippen LogP contribution in [0.15, 0.2) is 24.5 Å². The molecule has 3 fully saturated rings. The third-order valence-corrected chi connectivity index (χ3v) is 3.81. The fourth-order valence-electron chi connectivity index (χ4n) is 2.79. The first-order valence-corrected chi connectivity index (χ1v) is 5.96. The van der Waals surface area contributed by atoms with Gasteiger partial charge in [0.2, 0.25) is 0 Å². The van der Waals surface area contributed by atoms with Crippen molar-refractivity contribution in [2.75, 3.05) is 32.7 Å². The van der Waals surface area contributed by atoms with E-state index in [1.54, 1.807) is 6.20 Å². The van der Waals surface area contributed by atoms with Crippen LogP contribution in [0.5, 0.6) is 0 Å². The van der Waals surface area contributed by atoms with Crippen molar-refractivity contribution in [2.45, 2.75) is 12.1 Å². The highest BCUT2D eigenvalue weighted by Gasteiger charge is 2.35. The molecule has 0 saturated carbocycles. The number of aromatic nitrogens is 1. The van der Waals surface area contributed by atoms with Crippen LogP contribution >= 0.6 is 0 Å². The van der Waals surface area contributed by atoms with Gasteiger partial charge in [-0.1, -0.05) is 6.07 Å². The second-order valence-electron chi connectivity index (χ2n) is 4.72. The topological polar surface area (TPSA) is 45.4 Å². The van der Waals surface area contributed by atoms with Gasteiger partial charge in [-0.25, -0.2) is 0 Å². The van der Waals surface area contributed by atoms with Gasteiger partial charge in [-0.2, -0.15) is 0 Å². The Hall–Kier alpha value is -0.970. The van der Waals surface area contributed by atoms with Crippen molar-refractivity contribution in [3.05, 3.63) is 30.1 Å². The standard InChI is InChI=1S/C12H18N4/c13-12(10-2-1-3-14-8-10)11-9-15-4-6-16(11)7-5-15/h1-3,8,11-12H,4-7,9,13H2. The van der Waals surface area contributed by atoms with Crippen molar-refractivity contribution < 1.29 is 0 Å². The lowest BCUT2D eigenvalue weighted by atomic mass is 9.96. The van der Waals surface area contributed by atoms with Crippen molar-refractivity contribution in [1.82, 2.24) is 14.8 Å². The molecular formula is C12H18N4. The number of nitrogens with two attached hydrogens (primary N) is 1. The van der Waals surface area contributed by atoms with Crippen LogP contribution in [0.4, 0.5) is 0 Å². The van der Waals surface area contributed by atoms with Gasteiger partial charge >= 0.3 is 0 Å². The molecule has 0 aliphatic carbocycles. The van der Waals surface area contributed by atoms with Crippen LogP contribution in [-0.4, -0.2) is 53.5 Å². The van der Waals surface area contributed by atoms with Crippen LogP contribution < -0.4 is 5.73 Å². The Balaban J connectivity index is 1.78. The van der Waals surface area contributed by atoms with Crippen molar-refractivity contribution in [3.8, 4) is 0 Å². The molecular weight excluding hydrogens is 200 g/mol. The van der Waals surface area contributed by atoms with Gasteiger partial charge in [0.1, 0.15) is 0 Å². The van der Waals surface area contributed by atoms with Crippen LogP contribution in [0.25, 0.3) is 0 Å². The van der Waals surface area contributed by atoms with E-state index in [0.717, 1.165) is 12.1 Å². The first-order valence-electron chi connectivity index (χ1n) is 5.96. The highest BCUT2D eigenvalue weighted by molar-refractivity contribution is 5.16. The normalized spacial score (nSPS) is 34.9. The average Bonchev–Trinajstić information content (AvgIpc) is 2.40. The molecule has 4 heterocycles. The first kappa shape index (κ1) is 10.2. The van der Waals surface area contributed by atoms with E-state index in [2.05, 4.69) is 20.9 Å². The molecule has 2 bridgehead atoms. The molecule has 86 valence electrons. The number of nitrogens with zero attached hydrogens (tertiary/aromatic N) is 3. The van der Waals surface area contributed by atoms with Gasteiger partial charge in [0.25, 0.3) is 0 Å². The van der Waals surface area contributed by atoms with Gasteiger partial charge in [0, 0.05) is 57.2 Å². The predicted octanol–water partition coefficient (Wildman–Crippen LogP) is 0.0812. The van der Waals surface area contributed by atoms with Crippen molar-refractivity contribution in [1.29, 1.82) is 0 Å². The number of fused-ring (bicyclic) bond motifs is 3. The van der Waals surface area contributed by atoms with Gasteiger partial charge in [0.05, 0.1) is 0 Å². The van der Waals surface area contributed by atoms with Crippen molar-refractivity contribution in [2.24, 2.45) is 5.73 Å². The summed E-state index contributed by atoms with van der Waals surface area (Å²) in [5.41, 5.74) is 7.50. The highest BCUT2D eigenvalue weighted by atomic mass is 15.3. The zero-order valence-corrected chi connectivity index (χ0v) is 9.42. The summed E-state index contributed by atoms with van der Waals surface area (Å²) in [5, 5.41) is 0. The summed E-state index contributed by atoms with van der Waals surface area (Å²) in [6.45, 7) is 5.85. The molecule has 4 rings (SSSR count). The molecule has 3 aliphatic rings. The fraction of sp³-hybridized carbons (Fsp3) is 0.583. The molecule has 4 heteroatoms. The Labute approximate surface area is 96.1 Å². The number of rotatable bonds is 2. The van der Waals surface area contributed by atoms with E-state index in [9.17, 15) is 0 Å². The molecule has 2 unspecified atom stereocenters. The lowest BCUT2D eigenvalue weighted by molar-refractivity contribution is 0.00210. The molecule has 4 nitrogen and oxygen atoms in total. The van der Waals surface area contributed by atoms with Crippen LogP contribution in [0.2, 0.25) is 0 Å². The molecule has 3 aliphatic heterocycles. The smallest absolute Gasteiger partial charge is 0.0481 e. The summed E-state index contributed by atoms with van der Waals surface area (Å²) < 4.78 is 0. The predicted molar refractivity (Wildman–Crippen MR) is 63.0 cm³/mol. The van der Waals surface area contributed by atoms with E-state index in [1.807, 2.05) is 12.3 Å². The minimum absolute atomic E-state index is 0.0943. The van der Waals surface area contributed by atoms with E-state index in [4.69, 9.17) is 5.73 Å². The summed E-state index contributed by atoms with van der Waals surface area (Å²) in [5.74, 6) is 0. The number of piperazine rings is 3. The lowest BCUT2D eigenvalue weighted by Gasteiger charge is -2.49. The summed E-state index contributed by atoms with van der Waals surface area (Å²) in [6.07, 6.45) is 3.69. The largest absolute Gasteiger partial charge is 0.323 e. The maximum absolute atomic E-state index is 6.35. The Morgan fingerprint density at radius 1 is 1.31 bits per heavy atom. The number of hydrogen-bond donors (Lipinski definition) is 1. The summed E-state index contributed by atoms with van der Waals surface area (Å²) in [7, 11) is 0. The quantitative estimate of drug-likeness (QED) is 0.763. The molecule has 16 heavy (non-hydrogen) atoms. The third kappa shape index (κ3) is 1.73. The van der Waals surface area contributed by atoms with Gasteiger partial charge < -0.3 is 5.73 Å². The molecule has 0 radical (unpaired) electrons. The third-order valence-electron chi connectivity index (χ3n) is 3.81. The molecule has 3 saturated heterocycles. The zero-order chi connectivity index (χ0) is 11.0. The summed E-state index contributed by atoms with van der Waals surface area (Å²) in [6, 6.07) is 4.60. The highest BCUT2D eigenvalue weighted by Crippen LogP contribution is 2.24. The molecule has 1 aromatic heterocycles. The van der Waals surface area contributed by atoms with E-state index in [1.165, 1.54) is 26.2 Å². The van der Waals surface area contributed by atoms with Gasteiger partial charge in [-0.05, 0) is 11.6 Å². The Morgan fingerprint density at radius 2 is 2.12 bits per heavy atom. The van der Waals surface area contributed by atoms with Crippen molar-refractivity contribution >= 4 is 0 Å². The Kier molecular flexibility index (Phi) is 2.63. The number of pyridine rings is 1. The molecule has 0 aromatic carbocycles. The molecule has 2 N–H and O–H groups in total. The van der Waals surface area contributed by atoms with Crippen LogP contribution in [0, 0.1) is 0 Å². The SMILES string of the molecule is NC(c1cccnc1)C1CN2CCN1CC2. The van der Waals surface area contributed by atoms with E-state index < -0.39 is 0 Å². The molecule has 1 aromatic rings. The number of hydrogen-bond acceptors (Lipinski definition) is 4. The summed E-state index contributed by atoms with van der Waals surface area (Å²) in [4.78, 5) is 9.19. The monoisotopic (exact) mass is 218 g/mol. The zero-order valence-electron chi connectivity index (χ0n) is 9.42. The lowest BCUT2D eigenvalue weighted by Crippen LogP contribution is -2.63. The minimum Gasteiger partial charge on any atom is -0.323 e. The van der Waals surface area contributed by atoms with Gasteiger partial charge in [-0.15, -0.1) is 0 Å². The van der Waals surface area contributed by atoms with Crippen molar-refractivity contribution in [3.63, 3.8) is 0 Å². The Bertz CT molecular complexity index is 345. The fourth-order valence-corrected chi connectivity index (χ4v) is 2.79. The minimum atomic E-state index is 0.0943. The van der Waals surface area contributed by atoms with E-state index in [-0.39, 0.29) is 6.04 Å². The molecule has 2 atom stereocenters. The maximum Gasteiger partial charge on any atom is 0.0481 e. The average molecular weight is 218 g/mol. The second kappa shape index (κ2) is 4.13. The molecule has 0 spiro atoms. The van der Waals surface area contributed by atoms with E-state index in [0.29, 0.717) is 6.04 Å². The van der Waals surface area contributed by atoms with Crippen LogP contribution in [0.3, 0.4) is 0 Å². The van der Waals surface area contributed by atoms with E-state index >= 15 is 0 Å². The van der Waals surface area contributed by atoms with Gasteiger partial charge in [0.15, 0.2) is 0 Å². The van der Waals surface area contributed by atoms with Gasteiger partial charge in [-0.3, -0.25) is 14.8 Å². The maximum atomic E-state index is 6.35. The Morgan fingerprint density at radius 3 is 2.69 bits per heavy atom. The summed E-state index contributed by atoms with van der Waals surface area (Å²) >= 11 is 0. The van der Waals surface area contributed by atoms with Crippen LogP contribution in [-0.2, 0) is 0 Å². The van der Waals surface area contributed by atoms with Crippen LogP contribution in [0.1, 0.15) is 11.6 Å². The second-order valence-corrected chi connectivity index (χ2v) is 4.72.